The molecule has 6 heteroatoms. The second-order valence-corrected chi connectivity index (χ2v) is 6.68. The summed E-state index contributed by atoms with van der Waals surface area (Å²) in [6.07, 6.45) is 0. The van der Waals surface area contributed by atoms with Crippen molar-refractivity contribution in [1.82, 2.24) is 0 Å². The van der Waals surface area contributed by atoms with Crippen LogP contribution in [0.4, 0.5) is 0 Å². The van der Waals surface area contributed by atoms with Crippen molar-refractivity contribution < 1.29 is 47.3 Å². The molecular weight excluding hydrogens is 488 g/mol. The Kier molecular flexibility index (Phi) is 18.9. The maximum Gasteiger partial charge on any atom is 0.115 e. The number of aromatic hydroxyl groups is 5. The molecule has 0 spiro atoms. The standard InChI is InChI=1S/5C6H6O.Ti/c5*7-6-4-2-1-3-5-6;/h5*1-5,7H;. The molecule has 184 valence electrons. The first-order valence-corrected chi connectivity index (χ1v) is 10.7. The Morgan fingerprint density at radius 3 is 0.389 bits per heavy atom. The molecular formula is C30H30O5Ti. The molecule has 36 heavy (non-hydrogen) atoms. The van der Waals surface area contributed by atoms with Crippen molar-refractivity contribution in [2.75, 3.05) is 0 Å². The zero-order valence-electron chi connectivity index (χ0n) is 19.7. The molecule has 0 aliphatic heterocycles. The van der Waals surface area contributed by atoms with Gasteiger partial charge in [0.1, 0.15) is 28.7 Å². The van der Waals surface area contributed by atoms with Gasteiger partial charge in [0.15, 0.2) is 0 Å². The topological polar surface area (TPSA) is 101 Å². The maximum atomic E-state index is 8.63. The Morgan fingerprint density at radius 2 is 0.333 bits per heavy atom. The average Bonchev–Trinajstić information content (AvgIpc) is 2.88. The summed E-state index contributed by atoms with van der Waals surface area (Å²) in [5.41, 5.74) is 0. The molecule has 0 aliphatic carbocycles. The van der Waals surface area contributed by atoms with E-state index in [0.29, 0.717) is 28.7 Å². The summed E-state index contributed by atoms with van der Waals surface area (Å²) < 4.78 is 0. The molecule has 5 aromatic carbocycles. The van der Waals surface area contributed by atoms with Crippen molar-refractivity contribution >= 4 is 0 Å². The van der Waals surface area contributed by atoms with Gasteiger partial charge in [-0.2, -0.15) is 0 Å². The third kappa shape index (κ3) is 19.3. The first-order chi connectivity index (χ1) is 17.0. The van der Waals surface area contributed by atoms with Gasteiger partial charge in [0.25, 0.3) is 0 Å². The molecule has 0 radical (unpaired) electrons. The quantitative estimate of drug-likeness (QED) is 0.143. The average molecular weight is 518 g/mol. The van der Waals surface area contributed by atoms with E-state index in [1.54, 1.807) is 121 Å². The molecule has 0 saturated carbocycles. The Morgan fingerprint density at radius 1 is 0.222 bits per heavy atom. The fraction of sp³-hybridized carbons (Fsp3) is 0. The van der Waals surface area contributed by atoms with Crippen LogP contribution in [0, 0.1) is 0 Å². The molecule has 5 N–H and O–H groups in total. The smallest absolute Gasteiger partial charge is 0.115 e. The van der Waals surface area contributed by atoms with E-state index in [1.165, 1.54) is 0 Å². The summed E-state index contributed by atoms with van der Waals surface area (Å²) in [6, 6.07) is 43.6. The van der Waals surface area contributed by atoms with E-state index >= 15 is 0 Å². The summed E-state index contributed by atoms with van der Waals surface area (Å²) in [4.78, 5) is 0. The van der Waals surface area contributed by atoms with Crippen molar-refractivity contribution in [3.05, 3.63) is 152 Å². The molecule has 0 fully saturated rings. The molecule has 0 amide bonds. The number of hydrogen-bond donors (Lipinski definition) is 5. The van der Waals surface area contributed by atoms with E-state index in [-0.39, 0.29) is 21.7 Å². The van der Waals surface area contributed by atoms with Gasteiger partial charge in [-0.25, -0.2) is 0 Å². The summed E-state index contributed by atoms with van der Waals surface area (Å²) in [5, 5.41) is 43.2. The van der Waals surface area contributed by atoms with Crippen LogP contribution in [0.15, 0.2) is 152 Å². The molecule has 0 aromatic heterocycles. The second-order valence-electron chi connectivity index (χ2n) is 6.68. The SMILES string of the molecule is Oc1ccccc1.Oc1ccccc1.Oc1ccccc1.Oc1ccccc1.Oc1ccccc1.[Ti]. The van der Waals surface area contributed by atoms with E-state index < -0.39 is 0 Å². The van der Waals surface area contributed by atoms with Crippen LogP contribution in [-0.4, -0.2) is 25.5 Å². The van der Waals surface area contributed by atoms with Gasteiger partial charge in [0.2, 0.25) is 0 Å². The second kappa shape index (κ2) is 21.4. The normalized spacial score (nSPS) is 8.33. The van der Waals surface area contributed by atoms with Gasteiger partial charge >= 0.3 is 0 Å². The van der Waals surface area contributed by atoms with Crippen LogP contribution in [0.5, 0.6) is 28.7 Å². The van der Waals surface area contributed by atoms with Crippen LogP contribution in [0.25, 0.3) is 0 Å². The Hall–Kier alpha value is -4.19. The largest absolute Gasteiger partial charge is 0.508 e. The third-order valence-corrected chi connectivity index (χ3v) is 3.78. The van der Waals surface area contributed by atoms with Crippen LogP contribution in [0.2, 0.25) is 0 Å². The van der Waals surface area contributed by atoms with E-state index in [0.717, 1.165) is 0 Å². The van der Waals surface area contributed by atoms with Crippen molar-refractivity contribution in [2.45, 2.75) is 0 Å². The van der Waals surface area contributed by atoms with Gasteiger partial charge in [-0.1, -0.05) is 91.0 Å². The molecule has 0 bridgehead atoms. The van der Waals surface area contributed by atoms with Crippen LogP contribution < -0.4 is 0 Å². The predicted molar refractivity (Wildman–Crippen MR) is 141 cm³/mol. The molecule has 0 aliphatic rings. The fourth-order valence-corrected chi connectivity index (χ4v) is 2.14. The van der Waals surface area contributed by atoms with Crippen molar-refractivity contribution in [3.8, 4) is 28.7 Å². The summed E-state index contributed by atoms with van der Waals surface area (Å²) in [6.45, 7) is 0. The van der Waals surface area contributed by atoms with E-state index in [9.17, 15) is 0 Å². The minimum atomic E-state index is 0. The predicted octanol–water partition coefficient (Wildman–Crippen LogP) is 6.96. The summed E-state index contributed by atoms with van der Waals surface area (Å²) in [5.74, 6) is 1.61. The van der Waals surface area contributed by atoms with Crippen molar-refractivity contribution in [2.24, 2.45) is 0 Å². The molecule has 0 unspecified atom stereocenters. The van der Waals surface area contributed by atoms with Crippen molar-refractivity contribution in [1.29, 1.82) is 0 Å². The number of phenols is 5. The Bertz CT molecular complexity index is 895. The first-order valence-electron chi connectivity index (χ1n) is 10.7. The minimum absolute atomic E-state index is 0. The van der Waals surface area contributed by atoms with Crippen LogP contribution in [0.1, 0.15) is 0 Å². The van der Waals surface area contributed by atoms with Gasteiger partial charge in [0, 0.05) is 21.7 Å². The minimum Gasteiger partial charge on any atom is -0.508 e. The molecule has 0 heterocycles. The van der Waals surface area contributed by atoms with Crippen LogP contribution in [-0.2, 0) is 21.7 Å². The first kappa shape index (κ1) is 31.8. The summed E-state index contributed by atoms with van der Waals surface area (Å²) >= 11 is 0. The zero-order valence-corrected chi connectivity index (χ0v) is 21.2. The van der Waals surface area contributed by atoms with Crippen molar-refractivity contribution in [3.63, 3.8) is 0 Å². The van der Waals surface area contributed by atoms with E-state index in [4.69, 9.17) is 25.5 Å². The van der Waals surface area contributed by atoms with E-state index in [1.807, 2.05) is 30.3 Å². The summed E-state index contributed by atoms with van der Waals surface area (Å²) in [7, 11) is 0. The Balaban J connectivity index is 0.000000422. The number of rotatable bonds is 0. The van der Waals surface area contributed by atoms with Gasteiger partial charge in [-0.3, -0.25) is 0 Å². The zero-order chi connectivity index (χ0) is 25.6. The molecule has 5 nitrogen and oxygen atoms in total. The maximum absolute atomic E-state index is 8.63. The van der Waals surface area contributed by atoms with Crippen LogP contribution in [0.3, 0.4) is 0 Å². The van der Waals surface area contributed by atoms with E-state index in [2.05, 4.69) is 0 Å². The van der Waals surface area contributed by atoms with Gasteiger partial charge < -0.3 is 25.5 Å². The fourth-order valence-electron chi connectivity index (χ4n) is 2.14. The molecule has 5 aromatic rings. The number of phenolic OH excluding ortho intramolecular Hbond substituents is 5. The van der Waals surface area contributed by atoms with Crippen LogP contribution >= 0.6 is 0 Å². The number of benzene rings is 5. The third-order valence-electron chi connectivity index (χ3n) is 3.78. The van der Waals surface area contributed by atoms with Gasteiger partial charge in [-0.05, 0) is 60.7 Å². The van der Waals surface area contributed by atoms with Gasteiger partial charge in [-0.15, -0.1) is 0 Å². The molecule has 0 atom stereocenters. The Labute approximate surface area is 227 Å². The molecule has 5 rings (SSSR count). The van der Waals surface area contributed by atoms with Gasteiger partial charge in [0.05, 0.1) is 0 Å². The molecule has 0 saturated heterocycles. The number of hydrogen-bond acceptors (Lipinski definition) is 5. The number of para-hydroxylation sites is 5. The monoisotopic (exact) mass is 518 g/mol.